The lowest BCUT2D eigenvalue weighted by molar-refractivity contribution is -0.198. The average Bonchev–Trinajstić information content (AvgIpc) is 3.05. The molecule has 3 saturated heterocycles. The number of carbonyl (C=O) groups is 1. The van der Waals surface area contributed by atoms with Crippen molar-refractivity contribution in [2.75, 3.05) is 64.4 Å². The van der Waals surface area contributed by atoms with Gasteiger partial charge >= 0.3 is 0 Å². The van der Waals surface area contributed by atoms with Crippen LogP contribution in [0.2, 0.25) is 0 Å². The second kappa shape index (κ2) is 6.90. The molecule has 0 aromatic rings. The lowest BCUT2D eigenvalue weighted by atomic mass is 9.90. The highest BCUT2D eigenvalue weighted by Gasteiger charge is 2.50. The largest absolute Gasteiger partial charge is 0.369 e. The van der Waals surface area contributed by atoms with E-state index >= 15 is 0 Å². The van der Waals surface area contributed by atoms with Crippen LogP contribution in [0.5, 0.6) is 0 Å². The molecule has 1 amide bonds. The summed E-state index contributed by atoms with van der Waals surface area (Å²) in [4.78, 5) is 18.8. The Bertz CT molecular complexity index is 568. The molecule has 0 bridgehead atoms. The molecule has 0 unspecified atom stereocenters. The normalized spacial score (nSPS) is 28.2. The molecule has 24 heavy (non-hydrogen) atoms. The first-order valence-corrected chi connectivity index (χ1v) is 10.7. The van der Waals surface area contributed by atoms with Crippen LogP contribution in [0.1, 0.15) is 19.8 Å². The molecule has 0 aromatic carbocycles. The molecule has 1 atom stereocenters. The topological polar surface area (TPSA) is 70.2 Å². The van der Waals surface area contributed by atoms with Crippen LogP contribution in [0.25, 0.3) is 0 Å². The van der Waals surface area contributed by atoms with Gasteiger partial charge in [0.25, 0.3) is 0 Å². The third-order valence-corrected chi connectivity index (χ3v) is 7.19. The number of likely N-dealkylation sites (tertiary alicyclic amines) is 2. The van der Waals surface area contributed by atoms with Crippen LogP contribution in [0.3, 0.4) is 0 Å². The van der Waals surface area contributed by atoms with Crippen molar-refractivity contribution in [2.45, 2.75) is 31.4 Å². The summed E-state index contributed by atoms with van der Waals surface area (Å²) in [5.74, 6) is 0.604. The summed E-state index contributed by atoms with van der Waals surface area (Å²) in [6.07, 6.45) is 2.20. The molecule has 0 aliphatic carbocycles. The lowest BCUT2D eigenvalue weighted by Crippen LogP contribution is -2.72. The van der Waals surface area contributed by atoms with Crippen molar-refractivity contribution in [2.24, 2.45) is 0 Å². The molecule has 0 radical (unpaired) electrons. The Labute approximate surface area is 144 Å². The zero-order valence-electron chi connectivity index (χ0n) is 14.7. The molecule has 0 saturated carbocycles. The molecule has 3 heterocycles. The number of likely N-dealkylation sites (N-methyl/N-ethyl adjacent to an activating group) is 1. The van der Waals surface area contributed by atoms with Gasteiger partial charge in [0.1, 0.15) is 11.6 Å². The number of nitrogens with zero attached hydrogens (tertiary/aromatic N) is 3. The molecule has 7 nitrogen and oxygen atoms in total. The van der Waals surface area contributed by atoms with E-state index in [1.165, 1.54) is 0 Å². The van der Waals surface area contributed by atoms with Crippen molar-refractivity contribution in [1.82, 2.24) is 14.7 Å². The Balaban J connectivity index is 1.47. The van der Waals surface area contributed by atoms with E-state index in [4.69, 9.17) is 4.74 Å². The van der Waals surface area contributed by atoms with Gasteiger partial charge in [0.05, 0.1) is 12.4 Å². The van der Waals surface area contributed by atoms with E-state index in [2.05, 4.69) is 9.80 Å². The van der Waals surface area contributed by atoms with Crippen LogP contribution >= 0.6 is 0 Å². The predicted molar refractivity (Wildman–Crippen MR) is 91.7 cm³/mol. The molecule has 3 rings (SSSR count). The van der Waals surface area contributed by atoms with Gasteiger partial charge in [0.15, 0.2) is 9.84 Å². The number of hydrogen-bond donors (Lipinski definition) is 0. The zero-order valence-corrected chi connectivity index (χ0v) is 15.6. The average molecular weight is 359 g/mol. The first-order valence-electron chi connectivity index (χ1n) is 8.90. The van der Waals surface area contributed by atoms with E-state index in [0.29, 0.717) is 13.2 Å². The van der Waals surface area contributed by atoms with Gasteiger partial charge in [-0.05, 0) is 19.9 Å². The standard InChI is InChI=1S/C16H29N3O4S/c1-3-24(21,22)9-8-18-12-16(13-18)11-17(2)14(10-23-16)15(20)19-6-4-5-7-19/h14H,3-13H2,1-2H3/t14-/m1/s1. The van der Waals surface area contributed by atoms with Crippen LogP contribution in [-0.4, -0.2) is 105 Å². The maximum atomic E-state index is 12.6. The van der Waals surface area contributed by atoms with E-state index in [9.17, 15) is 13.2 Å². The van der Waals surface area contributed by atoms with Crippen molar-refractivity contribution in [3.8, 4) is 0 Å². The van der Waals surface area contributed by atoms with Crippen molar-refractivity contribution in [1.29, 1.82) is 0 Å². The fraction of sp³-hybridized carbons (Fsp3) is 0.938. The summed E-state index contributed by atoms with van der Waals surface area (Å²) < 4.78 is 29.3. The predicted octanol–water partition coefficient (Wildman–Crippen LogP) is -0.571. The quantitative estimate of drug-likeness (QED) is 0.655. The minimum atomic E-state index is -2.92. The molecule has 138 valence electrons. The number of sulfone groups is 1. The third kappa shape index (κ3) is 3.76. The SMILES string of the molecule is CCS(=O)(=O)CCN1CC2(C1)CN(C)[C@@H](C(=O)N1CCCC1)CO2. The van der Waals surface area contributed by atoms with Gasteiger partial charge in [-0.1, -0.05) is 6.92 Å². The van der Waals surface area contributed by atoms with Crippen LogP contribution in [-0.2, 0) is 19.4 Å². The second-order valence-corrected chi connectivity index (χ2v) is 9.88. The molecule has 3 fully saturated rings. The molecule has 0 aromatic heterocycles. The fourth-order valence-corrected chi connectivity index (χ4v) is 4.76. The van der Waals surface area contributed by atoms with Crippen molar-refractivity contribution in [3.63, 3.8) is 0 Å². The van der Waals surface area contributed by atoms with Gasteiger partial charge in [-0.15, -0.1) is 0 Å². The molecule has 1 spiro atoms. The van der Waals surface area contributed by atoms with Crippen LogP contribution in [0.4, 0.5) is 0 Å². The lowest BCUT2D eigenvalue weighted by Gasteiger charge is -2.55. The maximum absolute atomic E-state index is 12.6. The zero-order chi connectivity index (χ0) is 17.4. The van der Waals surface area contributed by atoms with Crippen LogP contribution < -0.4 is 0 Å². The third-order valence-electron chi connectivity index (χ3n) is 5.50. The minimum Gasteiger partial charge on any atom is -0.369 e. The summed E-state index contributed by atoms with van der Waals surface area (Å²) >= 11 is 0. The van der Waals surface area contributed by atoms with E-state index in [-0.39, 0.29) is 29.1 Å². The first-order chi connectivity index (χ1) is 11.3. The van der Waals surface area contributed by atoms with Crippen molar-refractivity contribution >= 4 is 15.7 Å². The molecule has 3 aliphatic rings. The monoisotopic (exact) mass is 359 g/mol. The summed E-state index contributed by atoms with van der Waals surface area (Å²) in [6.45, 7) is 6.66. The Hall–Kier alpha value is -0.700. The first kappa shape index (κ1) is 18.1. The van der Waals surface area contributed by atoms with Gasteiger partial charge < -0.3 is 9.64 Å². The summed E-state index contributed by atoms with van der Waals surface area (Å²) in [7, 11) is -0.923. The van der Waals surface area contributed by atoms with Crippen LogP contribution in [0, 0.1) is 0 Å². The van der Waals surface area contributed by atoms with Crippen molar-refractivity contribution < 1.29 is 17.9 Å². The molecule has 8 heteroatoms. The van der Waals surface area contributed by atoms with Gasteiger partial charge in [0, 0.05) is 45.0 Å². The van der Waals surface area contributed by atoms with E-state index in [0.717, 1.165) is 45.6 Å². The highest BCUT2D eigenvalue weighted by Crippen LogP contribution is 2.31. The van der Waals surface area contributed by atoms with Gasteiger partial charge in [-0.2, -0.15) is 0 Å². The summed E-state index contributed by atoms with van der Waals surface area (Å²) in [6, 6.07) is -0.178. The number of morpholine rings is 1. The number of amides is 1. The highest BCUT2D eigenvalue weighted by atomic mass is 32.2. The Morgan fingerprint density at radius 2 is 1.88 bits per heavy atom. The fourth-order valence-electron chi connectivity index (χ4n) is 3.93. The Kier molecular flexibility index (Phi) is 5.20. The second-order valence-electron chi connectivity index (χ2n) is 7.40. The Morgan fingerprint density at radius 1 is 1.21 bits per heavy atom. The Morgan fingerprint density at radius 3 is 2.46 bits per heavy atom. The molecular weight excluding hydrogens is 330 g/mol. The number of ether oxygens (including phenoxy) is 1. The van der Waals surface area contributed by atoms with Crippen molar-refractivity contribution in [3.05, 3.63) is 0 Å². The number of hydrogen-bond acceptors (Lipinski definition) is 6. The smallest absolute Gasteiger partial charge is 0.242 e. The molecular formula is C16H29N3O4S. The maximum Gasteiger partial charge on any atom is 0.242 e. The van der Waals surface area contributed by atoms with E-state index < -0.39 is 9.84 Å². The molecule has 0 N–H and O–H groups in total. The van der Waals surface area contributed by atoms with Gasteiger partial charge in [-0.3, -0.25) is 14.6 Å². The molecule has 3 aliphatic heterocycles. The minimum absolute atomic E-state index is 0.178. The van der Waals surface area contributed by atoms with E-state index in [1.807, 2.05) is 11.9 Å². The van der Waals surface area contributed by atoms with Gasteiger partial charge in [-0.25, -0.2) is 8.42 Å². The summed E-state index contributed by atoms with van der Waals surface area (Å²) in [5, 5.41) is 0. The highest BCUT2D eigenvalue weighted by molar-refractivity contribution is 7.91. The van der Waals surface area contributed by atoms with Gasteiger partial charge in [0.2, 0.25) is 5.91 Å². The van der Waals surface area contributed by atoms with E-state index in [1.54, 1.807) is 6.92 Å². The number of carbonyl (C=O) groups excluding carboxylic acids is 1. The summed E-state index contributed by atoms with van der Waals surface area (Å²) in [5.41, 5.74) is -0.230. The number of rotatable bonds is 5. The van der Waals surface area contributed by atoms with Crippen LogP contribution in [0.15, 0.2) is 0 Å².